The number of pyridine rings is 1. The van der Waals surface area contributed by atoms with Crippen LogP contribution in [0.3, 0.4) is 0 Å². The van der Waals surface area contributed by atoms with E-state index in [4.69, 9.17) is 0 Å². The van der Waals surface area contributed by atoms with E-state index < -0.39 is 0 Å². The topological polar surface area (TPSA) is 30.2 Å². The summed E-state index contributed by atoms with van der Waals surface area (Å²) in [5, 5.41) is 0. The second-order valence-electron chi connectivity index (χ2n) is 2.27. The van der Waals surface area contributed by atoms with Crippen molar-refractivity contribution in [3.8, 4) is 0 Å². The Morgan fingerprint density at radius 3 is 2.92 bits per heavy atom. The minimum atomic E-state index is -0.252. The first-order valence-corrected chi connectivity index (χ1v) is 4.23. The molecule has 0 radical (unpaired) electrons. The number of aromatic nitrogens is 1. The third kappa shape index (κ3) is 4.24. The van der Waals surface area contributed by atoms with Crippen LogP contribution in [0.15, 0.2) is 29.0 Å². The largest absolute Gasteiger partial charge is 1.00 e. The number of rotatable bonds is 2. The molecule has 3 nitrogen and oxygen atoms in total. The van der Waals surface area contributed by atoms with E-state index in [0.717, 1.165) is 4.47 Å². The van der Waals surface area contributed by atoms with Crippen LogP contribution in [0.2, 0.25) is 0 Å². The Kier molecular flexibility index (Phi) is 5.66. The maximum absolute atomic E-state index is 10.8. The lowest BCUT2D eigenvalue weighted by atomic mass is 10.5. The predicted molar refractivity (Wildman–Crippen MR) is 46.4 cm³/mol. The SMILES string of the molecule is COC(=O)C[n+]1cccc(Br)c1.[Cl-]. The summed E-state index contributed by atoms with van der Waals surface area (Å²) in [6.07, 6.45) is 3.62. The fraction of sp³-hybridized carbons (Fsp3) is 0.250. The molecule has 0 fully saturated rings. The van der Waals surface area contributed by atoms with E-state index in [2.05, 4.69) is 20.7 Å². The van der Waals surface area contributed by atoms with Crippen LogP contribution < -0.4 is 17.0 Å². The monoisotopic (exact) mass is 265 g/mol. The average molecular weight is 267 g/mol. The van der Waals surface area contributed by atoms with E-state index >= 15 is 0 Å². The quantitative estimate of drug-likeness (QED) is 0.454. The highest BCUT2D eigenvalue weighted by molar-refractivity contribution is 9.10. The predicted octanol–water partition coefficient (Wildman–Crippen LogP) is -2.09. The second-order valence-corrected chi connectivity index (χ2v) is 3.19. The van der Waals surface area contributed by atoms with E-state index in [9.17, 15) is 4.79 Å². The van der Waals surface area contributed by atoms with Gasteiger partial charge in [0.2, 0.25) is 6.54 Å². The van der Waals surface area contributed by atoms with E-state index in [-0.39, 0.29) is 24.9 Å². The molecule has 0 saturated carbocycles. The summed E-state index contributed by atoms with van der Waals surface area (Å²) in [5.41, 5.74) is 0. The van der Waals surface area contributed by atoms with Gasteiger partial charge in [-0.15, -0.1) is 0 Å². The zero-order valence-corrected chi connectivity index (χ0v) is 9.38. The molecule has 1 aromatic heterocycles. The molecular weight excluding hydrogens is 257 g/mol. The highest BCUT2D eigenvalue weighted by Gasteiger charge is 2.08. The Bertz CT molecular complexity index is 293. The van der Waals surface area contributed by atoms with Crippen LogP contribution in [-0.2, 0) is 16.1 Å². The summed E-state index contributed by atoms with van der Waals surface area (Å²) in [5.74, 6) is -0.252. The molecule has 0 amide bonds. The summed E-state index contributed by atoms with van der Waals surface area (Å²) < 4.78 is 7.20. The van der Waals surface area contributed by atoms with Gasteiger partial charge in [0.05, 0.1) is 11.6 Å². The normalized spacial score (nSPS) is 8.77. The Labute approximate surface area is 91.3 Å². The van der Waals surface area contributed by atoms with E-state index in [1.807, 2.05) is 24.5 Å². The van der Waals surface area contributed by atoms with Crippen LogP contribution in [0.25, 0.3) is 0 Å². The first-order chi connectivity index (χ1) is 5.72. The molecule has 1 rings (SSSR count). The molecule has 13 heavy (non-hydrogen) atoms. The summed E-state index contributed by atoms with van der Waals surface area (Å²) >= 11 is 3.30. The van der Waals surface area contributed by atoms with Gasteiger partial charge in [0.1, 0.15) is 0 Å². The van der Waals surface area contributed by atoms with Crippen molar-refractivity contribution >= 4 is 21.9 Å². The number of nitrogens with zero attached hydrogens (tertiary/aromatic N) is 1. The molecule has 1 heterocycles. The number of methoxy groups -OCH3 is 1. The van der Waals surface area contributed by atoms with Crippen molar-refractivity contribution < 1.29 is 26.5 Å². The van der Waals surface area contributed by atoms with Gasteiger partial charge in [-0.05, 0) is 22.0 Å². The van der Waals surface area contributed by atoms with Crippen molar-refractivity contribution in [3.05, 3.63) is 29.0 Å². The van der Waals surface area contributed by atoms with Gasteiger partial charge in [0, 0.05) is 6.07 Å². The maximum Gasteiger partial charge on any atom is 0.372 e. The van der Waals surface area contributed by atoms with E-state index in [1.165, 1.54) is 7.11 Å². The van der Waals surface area contributed by atoms with Crippen molar-refractivity contribution in [3.63, 3.8) is 0 Å². The zero-order chi connectivity index (χ0) is 8.97. The van der Waals surface area contributed by atoms with Gasteiger partial charge in [-0.1, -0.05) is 0 Å². The molecule has 1 aromatic rings. The molecule has 0 aliphatic heterocycles. The summed E-state index contributed by atoms with van der Waals surface area (Å²) in [6, 6.07) is 3.75. The van der Waals surface area contributed by atoms with Gasteiger partial charge in [0.15, 0.2) is 12.4 Å². The molecule has 0 unspecified atom stereocenters. The zero-order valence-electron chi connectivity index (χ0n) is 7.04. The number of ether oxygens (including phenoxy) is 1. The van der Waals surface area contributed by atoms with Crippen molar-refractivity contribution in [1.82, 2.24) is 0 Å². The van der Waals surface area contributed by atoms with Crippen LogP contribution in [0.1, 0.15) is 0 Å². The van der Waals surface area contributed by atoms with Gasteiger partial charge in [-0.3, -0.25) is 0 Å². The number of hydrogen-bond donors (Lipinski definition) is 0. The highest BCUT2D eigenvalue weighted by atomic mass is 79.9. The Morgan fingerprint density at radius 2 is 2.38 bits per heavy atom. The lowest BCUT2D eigenvalue weighted by molar-refractivity contribution is -0.686. The maximum atomic E-state index is 10.8. The number of halogens is 2. The summed E-state index contributed by atoms with van der Waals surface area (Å²) in [7, 11) is 1.38. The first kappa shape index (κ1) is 12.4. The van der Waals surface area contributed by atoms with Gasteiger partial charge in [-0.2, -0.15) is 4.57 Å². The van der Waals surface area contributed by atoms with E-state index in [1.54, 1.807) is 4.57 Å². The fourth-order valence-corrected chi connectivity index (χ4v) is 1.22. The summed E-state index contributed by atoms with van der Waals surface area (Å²) in [6.45, 7) is 0.246. The van der Waals surface area contributed by atoms with Crippen LogP contribution in [0.5, 0.6) is 0 Å². The molecule has 0 aromatic carbocycles. The van der Waals surface area contributed by atoms with Crippen molar-refractivity contribution in [2.45, 2.75) is 6.54 Å². The molecule has 0 N–H and O–H groups in total. The van der Waals surface area contributed by atoms with Crippen molar-refractivity contribution in [1.29, 1.82) is 0 Å². The third-order valence-corrected chi connectivity index (χ3v) is 1.83. The van der Waals surface area contributed by atoms with Gasteiger partial charge < -0.3 is 17.1 Å². The smallest absolute Gasteiger partial charge is 0.372 e. The molecule has 0 bridgehead atoms. The Morgan fingerprint density at radius 1 is 1.69 bits per heavy atom. The van der Waals surface area contributed by atoms with E-state index in [0.29, 0.717) is 0 Å². The molecule has 5 heteroatoms. The number of esters is 1. The van der Waals surface area contributed by atoms with Crippen LogP contribution in [0.4, 0.5) is 0 Å². The van der Waals surface area contributed by atoms with Gasteiger partial charge >= 0.3 is 5.97 Å². The summed E-state index contributed by atoms with van der Waals surface area (Å²) in [4.78, 5) is 10.8. The Hall–Kier alpha value is -0.610. The molecule has 0 aliphatic carbocycles. The van der Waals surface area contributed by atoms with Crippen LogP contribution >= 0.6 is 15.9 Å². The molecular formula is C8H9BrClNO2. The van der Waals surface area contributed by atoms with Gasteiger partial charge in [0.25, 0.3) is 0 Å². The molecule has 0 aliphatic rings. The standard InChI is InChI=1S/C8H9BrNO2.ClH/c1-12-8(11)6-10-4-2-3-7(9)5-10;/h2-5H,6H2,1H3;1H/q+1;/p-1. The molecule has 0 atom stereocenters. The lowest BCUT2D eigenvalue weighted by Crippen LogP contribution is -3.00. The van der Waals surface area contributed by atoms with Crippen LogP contribution in [-0.4, -0.2) is 13.1 Å². The van der Waals surface area contributed by atoms with Gasteiger partial charge in [-0.25, -0.2) is 4.79 Å². The number of carbonyl (C=O) groups is 1. The van der Waals surface area contributed by atoms with Crippen molar-refractivity contribution in [2.24, 2.45) is 0 Å². The number of carbonyl (C=O) groups excluding carboxylic acids is 1. The number of hydrogen-bond acceptors (Lipinski definition) is 2. The molecule has 0 spiro atoms. The minimum Gasteiger partial charge on any atom is -1.00 e. The average Bonchev–Trinajstić information content (AvgIpc) is 2.04. The molecule has 0 saturated heterocycles. The second kappa shape index (κ2) is 5.94. The first-order valence-electron chi connectivity index (χ1n) is 3.44. The van der Waals surface area contributed by atoms with Crippen molar-refractivity contribution in [2.75, 3.05) is 7.11 Å². The highest BCUT2D eigenvalue weighted by Crippen LogP contribution is 2.02. The Balaban J connectivity index is 0.00000144. The minimum absolute atomic E-state index is 0. The lowest BCUT2D eigenvalue weighted by Gasteiger charge is -1.94. The third-order valence-electron chi connectivity index (χ3n) is 1.36. The van der Waals surface area contributed by atoms with Crippen LogP contribution in [0, 0.1) is 0 Å². The fourth-order valence-electron chi connectivity index (χ4n) is 0.802. The molecule has 72 valence electrons.